The topological polar surface area (TPSA) is 47.6 Å². The molecular weight excluding hydrogens is 338 g/mol. The number of hydrogen-bond donors (Lipinski definition) is 1. The van der Waals surface area contributed by atoms with Crippen molar-refractivity contribution >= 4 is 16.7 Å². The zero-order valence-electron chi connectivity index (χ0n) is 15.6. The van der Waals surface area contributed by atoms with Gasteiger partial charge in [-0.25, -0.2) is 0 Å². The molecule has 0 bridgehead atoms. The highest BCUT2D eigenvalue weighted by Gasteiger charge is 2.25. The number of nitrogens with one attached hydrogen (secondary N) is 1. The SMILES string of the molecule is COc1ccc2cc([C@H](C)C(=O)N[C@H]3CCOc4ccccc43)ccc2c1. The lowest BCUT2D eigenvalue weighted by molar-refractivity contribution is -0.123. The summed E-state index contributed by atoms with van der Waals surface area (Å²) in [6, 6.07) is 20.0. The highest BCUT2D eigenvalue weighted by atomic mass is 16.5. The second-order valence-electron chi connectivity index (χ2n) is 6.93. The summed E-state index contributed by atoms with van der Waals surface area (Å²) in [5.74, 6) is 1.50. The molecule has 0 aliphatic carbocycles. The first-order chi connectivity index (χ1) is 13.2. The largest absolute Gasteiger partial charge is 0.497 e. The van der Waals surface area contributed by atoms with Gasteiger partial charge in [-0.2, -0.15) is 0 Å². The maximum Gasteiger partial charge on any atom is 0.227 e. The molecule has 27 heavy (non-hydrogen) atoms. The van der Waals surface area contributed by atoms with Crippen LogP contribution in [0.4, 0.5) is 0 Å². The molecule has 1 aliphatic rings. The molecule has 0 spiro atoms. The lowest BCUT2D eigenvalue weighted by Crippen LogP contribution is -2.34. The number of rotatable bonds is 4. The van der Waals surface area contributed by atoms with E-state index in [0.717, 1.165) is 39.8 Å². The van der Waals surface area contributed by atoms with Gasteiger partial charge in [0.05, 0.1) is 25.7 Å². The normalized spacial score (nSPS) is 16.9. The van der Waals surface area contributed by atoms with Crippen molar-refractivity contribution in [2.24, 2.45) is 0 Å². The summed E-state index contributed by atoms with van der Waals surface area (Å²) in [5, 5.41) is 5.40. The van der Waals surface area contributed by atoms with Crippen molar-refractivity contribution in [3.05, 3.63) is 71.8 Å². The smallest absolute Gasteiger partial charge is 0.227 e. The van der Waals surface area contributed by atoms with Crippen molar-refractivity contribution in [2.75, 3.05) is 13.7 Å². The predicted octanol–water partition coefficient (Wildman–Crippen LogP) is 4.59. The maximum absolute atomic E-state index is 12.9. The number of methoxy groups -OCH3 is 1. The van der Waals surface area contributed by atoms with E-state index in [4.69, 9.17) is 9.47 Å². The number of fused-ring (bicyclic) bond motifs is 2. The second kappa shape index (κ2) is 7.31. The van der Waals surface area contributed by atoms with Gasteiger partial charge in [-0.3, -0.25) is 4.79 Å². The Kier molecular flexibility index (Phi) is 4.71. The summed E-state index contributed by atoms with van der Waals surface area (Å²) in [7, 11) is 1.66. The average Bonchev–Trinajstić information content (AvgIpc) is 2.72. The van der Waals surface area contributed by atoms with E-state index in [0.29, 0.717) is 6.61 Å². The molecule has 1 amide bonds. The Morgan fingerprint density at radius 3 is 2.74 bits per heavy atom. The van der Waals surface area contributed by atoms with Gasteiger partial charge in [-0.1, -0.05) is 42.5 Å². The molecule has 4 nitrogen and oxygen atoms in total. The Balaban J connectivity index is 1.53. The summed E-state index contributed by atoms with van der Waals surface area (Å²) in [4.78, 5) is 12.9. The zero-order chi connectivity index (χ0) is 18.8. The number of amides is 1. The van der Waals surface area contributed by atoms with Crippen molar-refractivity contribution in [2.45, 2.75) is 25.3 Å². The van der Waals surface area contributed by atoms with E-state index in [1.807, 2.05) is 61.5 Å². The molecule has 4 rings (SSSR count). The van der Waals surface area contributed by atoms with Crippen LogP contribution in [0.25, 0.3) is 10.8 Å². The molecule has 3 aromatic carbocycles. The summed E-state index contributed by atoms with van der Waals surface area (Å²) in [5.41, 5.74) is 2.06. The average molecular weight is 361 g/mol. The monoisotopic (exact) mass is 361 g/mol. The van der Waals surface area contributed by atoms with Gasteiger partial charge in [0.25, 0.3) is 0 Å². The number of benzene rings is 3. The van der Waals surface area contributed by atoms with Crippen LogP contribution in [0.3, 0.4) is 0 Å². The predicted molar refractivity (Wildman–Crippen MR) is 106 cm³/mol. The molecule has 4 heteroatoms. The van der Waals surface area contributed by atoms with E-state index >= 15 is 0 Å². The van der Waals surface area contributed by atoms with Gasteiger partial charge in [0.2, 0.25) is 5.91 Å². The molecule has 0 aromatic heterocycles. The van der Waals surface area contributed by atoms with Crippen molar-refractivity contribution < 1.29 is 14.3 Å². The first-order valence-electron chi connectivity index (χ1n) is 9.25. The molecule has 0 unspecified atom stereocenters. The molecule has 0 saturated heterocycles. The fourth-order valence-electron chi connectivity index (χ4n) is 3.58. The van der Waals surface area contributed by atoms with Crippen LogP contribution in [0.1, 0.15) is 36.4 Å². The van der Waals surface area contributed by atoms with Crippen molar-refractivity contribution in [3.8, 4) is 11.5 Å². The summed E-state index contributed by atoms with van der Waals surface area (Å²) >= 11 is 0. The Morgan fingerprint density at radius 1 is 1.11 bits per heavy atom. The van der Waals surface area contributed by atoms with Gasteiger partial charge >= 0.3 is 0 Å². The lowest BCUT2D eigenvalue weighted by atomic mass is 9.95. The van der Waals surface area contributed by atoms with Crippen LogP contribution in [-0.4, -0.2) is 19.6 Å². The summed E-state index contributed by atoms with van der Waals surface area (Å²) in [6.07, 6.45) is 0.785. The van der Waals surface area contributed by atoms with Gasteiger partial charge in [0.15, 0.2) is 0 Å². The molecule has 1 aliphatic heterocycles. The third kappa shape index (κ3) is 3.47. The standard InChI is InChI=1S/C23H23NO3/c1-15(16-7-8-18-14-19(26-2)10-9-17(18)13-16)23(25)24-21-11-12-27-22-6-4-3-5-20(21)22/h3-10,13-15,21H,11-12H2,1-2H3,(H,24,25)/t15-,21-/m0/s1. The first-order valence-corrected chi connectivity index (χ1v) is 9.25. The minimum Gasteiger partial charge on any atom is -0.497 e. The molecule has 2 atom stereocenters. The molecular formula is C23H23NO3. The Bertz CT molecular complexity index is 982. The number of carbonyl (C=O) groups excluding carboxylic acids is 1. The Hall–Kier alpha value is -3.01. The van der Waals surface area contributed by atoms with Gasteiger partial charge < -0.3 is 14.8 Å². The lowest BCUT2D eigenvalue weighted by Gasteiger charge is -2.27. The van der Waals surface area contributed by atoms with Gasteiger partial charge in [-0.15, -0.1) is 0 Å². The molecule has 0 saturated carbocycles. The van der Waals surface area contributed by atoms with Crippen molar-refractivity contribution in [1.82, 2.24) is 5.32 Å². The van der Waals surface area contributed by atoms with Gasteiger partial charge in [0, 0.05) is 12.0 Å². The van der Waals surface area contributed by atoms with Gasteiger partial charge in [0.1, 0.15) is 11.5 Å². The number of hydrogen-bond acceptors (Lipinski definition) is 3. The van der Waals surface area contributed by atoms with Crippen molar-refractivity contribution in [3.63, 3.8) is 0 Å². The number of ether oxygens (including phenoxy) is 2. The third-order valence-corrected chi connectivity index (χ3v) is 5.24. The summed E-state index contributed by atoms with van der Waals surface area (Å²) < 4.78 is 11.0. The van der Waals surface area contributed by atoms with E-state index in [9.17, 15) is 4.79 Å². The van der Waals surface area contributed by atoms with Crippen LogP contribution in [-0.2, 0) is 4.79 Å². The quantitative estimate of drug-likeness (QED) is 0.739. The fourth-order valence-corrected chi connectivity index (χ4v) is 3.58. The van der Waals surface area contributed by atoms with Crippen LogP contribution in [0.15, 0.2) is 60.7 Å². The highest BCUT2D eigenvalue weighted by molar-refractivity contribution is 5.88. The first kappa shape index (κ1) is 17.4. The van der Waals surface area contributed by atoms with E-state index in [1.54, 1.807) is 7.11 Å². The number of para-hydroxylation sites is 1. The van der Waals surface area contributed by atoms with E-state index in [-0.39, 0.29) is 17.9 Å². The van der Waals surface area contributed by atoms with Gasteiger partial charge in [-0.05, 0) is 41.5 Å². The molecule has 1 heterocycles. The number of carbonyl (C=O) groups is 1. The van der Waals surface area contributed by atoms with E-state index in [2.05, 4.69) is 11.4 Å². The minimum atomic E-state index is -0.230. The molecule has 138 valence electrons. The summed E-state index contributed by atoms with van der Waals surface area (Å²) in [6.45, 7) is 2.57. The minimum absolute atomic E-state index is 0.00498. The molecule has 0 fully saturated rings. The maximum atomic E-state index is 12.9. The highest BCUT2D eigenvalue weighted by Crippen LogP contribution is 2.32. The van der Waals surface area contributed by atoms with E-state index in [1.165, 1.54) is 0 Å². The molecule has 3 aromatic rings. The fraction of sp³-hybridized carbons (Fsp3) is 0.261. The van der Waals surface area contributed by atoms with Crippen molar-refractivity contribution in [1.29, 1.82) is 0 Å². The Labute approximate surface area is 159 Å². The zero-order valence-corrected chi connectivity index (χ0v) is 15.6. The van der Waals surface area contributed by atoms with Crippen LogP contribution >= 0.6 is 0 Å². The Morgan fingerprint density at radius 2 is 1.89 bits per heavy atom. The van der Waals surface area contributed by atoms with E-state index < -0.39 is 0 Å². The van der Waals surface area contributed by atoms with Crippen LogP contribution in [0.2, 0.25) is 0 Å². The molecule has 0 radical (unpaired) electrons. The van der Waals surface area contributed by atoms with Crippen LogP contribution in [0, 0.1) is 0 Å². The van der Waals surface area contributed by atoms with Crippen LogP contribution < -0.4 is 14.8 Å². The van der Waals surface area contributed by atoms with Crippen LogP contribution in [0.5, 0.6) is 11.5 Å². The molecule has 1 N–H and O–H groups in total. The second-order valence-corrected chi connectivity index (χ2v) is 6.93. The third-order valence-electron chi connectivity index (χ3n) is 5.24.